The minimum atomic E-state index is 0.586. The predicted octanol–water partition coefficient (Wildman–Crippen LogP) is 1.38. The summed E-state index contributed by atoms with van der Waals surface area (Å²) in [5.74, 6) is 2.56. The summed E-state index contributed by atoms with van der Waals surface area (Å²) in [6, 6.07) is 0. The van der Waals surface area contributed by atoms with Crippen LogP contribution in [0.2, 0.25) is 0 Å². The van der Waals surface area contributed by atoms with Crippen LogP contribution in [0.4, 0.5) is 0 Å². The largest absolute Gasteiger partial charge is 0.493 e. The van der Waals surface area contributed by atoms with Crippen LogP contribution in [0.15, 0.2) is 46.6 Å². The standard InChI is InChI=1S/C17H26N2O5/c1-20-9-7-18-13-11-15(19-8-10-21-2)24-16-12(13)5-6-14(22-3)17(16)23-4/h6,11,18-19H,5,7-10H2,1-4H3. The Morgan fingerprint density at radius 1 is 1.00 bits per heavy atom. The maximum atomic E-state index is 6.01. The molecule has 24 heavy (non-hydrogen) atoms. The Hall–Kier alpha value is -2.12. The van der Waals surface area contributed by atoms with E-state index in [1.54, 1.807) is 28.4 Å². The average molecular weight is 338 g/mol. The molecule has 0 radical (unpaired) electrons. The number of methoxy groups -OCH3 is 4. The van der Waals surface area contributed by atoms with E-state index in [1.807, 2.05) is 12.2 Å². The fraction of sp³-hybridized carbons (Fsp3) is 0.529. The van der Waals surface area contributed by atoms with E-state index in [-0.39, 0.29) is 0 Å². The van der Waals surface area contributed by atoms with Crippen molar-refractivity contribution in [3.05, 3.63) is 46.6 Å². The Kier molecular flexibility index (Phi) is 7.02. The number of ether oxygens (including phenoxy) is 5. The first-order valence-electron chi connectivity index (χ1n) is 7.86. The number of hydrogen-bond acceptors (Lipinski definition) is 7. The van der Waals surface area contributed by atoms with Crippen molar-refractivity contribution in [1.29, 1.82) is 0 Å². The molecule has 1 aliphatic carbocycles. The molecule has 0 aromatic rings. The van der Waals surface area contributed by atoms with Crippen molar-refractivity contribution in [1.82, 2.24) is 10.6 Å². The van der Waals surface area contributed by atoms with Gasteiger partial charge in [-0.2, -0.15) is 0 Å². The normalized spacial score (nSPS) is 16.8. The second-order valence-electron chi connectivity index (χ2n) is 5.18. The minimum Gasteiger partial charge on any atom is -0.493 e. The lowest BCUT2D eigenvalue weighted by atomic mass is 9.99. The molecule has 0 unspecified atom stereocenters. The Morgan fingerprint density at radius 2 is 1.71 bits per heavy atom. The van der Waals surface area contributed by atoms with Crippen LogP contribution in [0.1, 0.15) is 6.42 Å². The summed E-state index contributed by atoms with van der Waals surface area (Å²) in [5, 5.41) is 6.60. The zero-order valence-electron chi connectivity index (χ0n) is 14.7. The summed E-state index contributed by atoms with van der Waals surface area (Å²) in [4.78, 5) is 0. The van der Waals surface area contributed by atoms with Gasteiger partial charge in [0.05, 0.1) is 27.4 Å². The summed E-state index contributed by atoms with van der Waals surface area (Å²) >= 11 is 0. The molecule has 134 valence electrons. The molecule has 1 heterocycles. The summed E-state index contributed by atoms with van der Waals surface area (Å²) in [7, 11) is 6.57. The quantitative estimate of drug-likeness (QED) is 0.583. The van der Waals surface area contributed by atoms with Gasteiger partial charge >= 0.3 is 0 Å². The average Bonchev–Trinajstić information content (AvgIpc) is 2.61. The maximum absolute atomic E-state index is 6.01. The van der Waals surface area contributed by atoms with Gasteiger partial charge in [0.1, 0.15) is 0 Å². The maximum Gasteiger partial charge on any atom is 0.204 e. The smallest absolute Gasteiger partial charge is 0.204 e. The molecule has 0 spiro atoms. The van der Waals surface area contributed by atoms with Gasteiger partial charge in [-0.25, -0.2) is 0 Å². The van der Waals surface area contributed by atoms with Gasteiger partial charge in [-0.15, -0.1) is 0 Å². The zero-order valence-corrected chi connectivity index (χ0v) is 14.7. The van der Waals surface area contributed by atoms with Crippen molar-refractivity contribution in [3.8, 4) is 0 Å². The van der Waals surface area contributed by atoms with Gasteiger partial charge in [0.25, 0.3) is 0 Å². The molecule has 7 heteroatoms. The van der Waals surface area contributed by atoms with Crippen molar-refractivity contribution in [3.63, 3.8) is 0 Å². The summed E-state index contributed by atoms with van der Waals surface area (Å²) < 4.78 is 27.1. The topological polar surface area (TPSA) is 70.2 Å². The molecule has 0 aromatic carbocycles. The molecule has 1 aliphatic heterocycles. The van der Waals surface area contributed by atoms with Crippen molar-refractivity contribution in [2.45, 2.75) is 6.42 Å². The Balaban J connectivity index is 2.29. The number of fused-ring (bicyclic) bond motifs is 1. The van der Waals surface area contributed by atoms with E-state index in [9.17, 15) is 0 Å². The summed E-state index contributed by atoms with van der Waals surface area (Å²) in [6.45, 7) is 2.55. The van der Waals surface area contributed by atoms with Crippen molar-refractivity contribution in [2.24, 2.45) is 0 Å². The first-order valence-corrected chi connectivity index (χ1v) is 7.86. The SMILES string of the molecule is COCCNC1=CC(NCCOC)=C2CC=C(OC)C(OC)=C2O1. The Morgan fingerprint density at radius 3 is 2.33 bits per heavy atom. The molecule has 2 aliphatic rings. The monoisotopic (exact) mass is 338 g/mol. The van der Waals surface area contributed by atoms with Crippen LogP contribution in [0.3, 0.4) is 0 Å². The van der Waals surface area contributed by atoms with E-state index in [1.165, 1.54) is 0 Å². The third-order valence-corrected chi connectivity index (χ3v) is 3.66. The highest BCUT2D eigenvalue weighted by atomic mass is 16.5. The molecule has 2 N–H and O–H groups in total. The highest BCUT2D eigenvalue weighted by Gasteiger charge is 2.29. The first kappa shape index (κ1) is 18.2. The molecule has 0 fully saturated rings. The minimum absolute atomic E-state index is 0.586. The van der Waals surface area contributed by atoms with Gasteiger partial charge in [-0.3, -0.25) is 0 Å². The van der Waals surface area contributed by atoms with Crippen LogP contribution in [-0.4, -0.2) is 54.7 Å². The Bertz CT molecular complexity index is 563. The van der Waals surface area contributed by atoms with Crippen molar-refractivity contribution in [2.75, 3.05) is 54.7 Å². The first-order chi connectivity index (χ1) is 11.7. The molecule has 0 amide bonds. The summed E-state index contributed by atoms with van der Waals surface area (Å²) in [5.41, 5.74) is 2.01. The molecule has 0 saturated heterocycles. The van der Waals surface area contributed by atoms with Crippen LogP contribution in [0, 0.1) is 0 Å². The molecule has 7 nitrogen and oxygen atoms in total. The molecule has 0 aromatic heterocycles. The van der Waals surface area contributed by atoms with Crippen LogP contribution in [0.5, 0.6) is 0 Å². The second-order valence-corrected chi connectivity index (χ2v) is 5.18. The fourth-order valence-corrected chi connectivity index (χ4v) is 2.51. The van der Waals surface area contributed by atoms with Crippen LogP contribution >= 0.6 is 0 Å². The van der Waals surface area contributed by atoms with Gasteiger partial charge < -0.3 is 34.3 Å². The lowest BCUT2D eigenvalue weighted by Crippen LogP contribution is -2.29. The van der Waals surface area contributed by atoms with Gasteiger partial charge in [0, 0.05) is 51.1 Å². The zero-order chi connectivity index (χ0) is 17.4. The predicted molar refractivity (Wildman–Crippen MR) is 89.7 cm³/mol. The van der Waals surface area contributed by atoms with Crippen molar-refractivity contribution < 1.29 is 23.7 Å². The van der Waals surface area contributed by atoms with E-state index in [0.29, 0.717) is 55.9 Å². The van der Waals surface area contributed by atoms with Crippen molar-refractivity contribution >= 4 is 0 Å². The number of nitrogens with one attached hydrogen (secondary N) is 2. The van der Waals surface area contributed by atoms with Gasteiger partial charge in [-0.05, 0) is 6.08 Å². The highest BCUT2D eigenvalue weighted by molar-refractivity contribution is 5.49. The molecule has 0 bridgehead atoms. The number of allylic oxidation sites excluding steroid dienone is 3. The van der Waals surface area contributed by atoms with E-state index >= 15 is 0 Å². The van der Waals surface area contributed by atoms with Gasteiger partial charge in [0.2, 0.25) is 5.76 Å². The molecular weight excluding hydrogens is 312 g/mol. The van der Waals surface area contributed by atoms with Gasteiger partial charge in [0.15, 0.2) is 17.4 Å². The lowest BCUT2D eigenvalue weighted by Gasteiger charge is -2.28. The molecule has 0 saturated carbocycles. The third kappa shape index (κ3) is 4.24. The van der Waals surface area contributed by atoms with E-state index in [2.05, 4.69) is 10.6 Å². The molecular formula is C17H26N2O5. The van der Waals surface area contributed by atoms with E-state index in [0.717, 1.165) is 11.3 Å². The lowest BCUT2D eigenvalue weighted by molar-refractivity contribution is 0.170. The van der Waals surface area contributed by atoms with E-state index < -0.39 is 0 Å². The number of rotatable bonds is 10. The second kappa shape index (κ2) is 9.24. The third-order valence-electron chi connectivity index (χ3n) is 3.66. The fourth-order valence-electron chi connectivity index (χ4n) is 2.51. The van der Waals surface area contributed by atoms with Gasteiger partial charge in [-0.1, -0.05) is 0 Å². The molecule has 0 atom stereocenters. The van der Waals surface area contributed by atoms with Crippen LogP contribution < -0.4 is 10.6 Å². The van der Waals surface area contributed by atoms with Crippen LogP contribution in [0.25, 0.3) is 0 Å². The summed E-state index contributed by atoms with van der Waals surface area (Å²) in [6.07, 6.45) is 4.63. The number of hydrogen-bond donors (Lipinski definition) is 2. The Labute approximate surface area is 142 Å². The highest BCUT2D eigenvalue weighted by Crippen LogP contribution is 2.36. The molecule has 2 rings (SSSR count). The van der Waals surface area contributed by atoms with Crippen LogP contribution in [-0.2, 0) is 23.7 Å². The van der Waals surface area contributed by atoms with E-state index in [4.69, 9.17) is 23.7 Å².